The molecule has 4 aromatic carbocycles. The van der Waals surface area contributed by atoms with Crippen molar-refractivity contribution < 1.29 is 22.4 Å². The number of rotatable bonds is 11. The van der Waals surface area contributed by atoms with Crippen LogP contribution in [-0.2, 0) is 32.6 Å². The minimum absolute atomic E-state index is 0.143. The van der Waals surface area contributed by atoms with Crippen LogP contribution in [-0.4, -0.2) is 44.8 Å². The van der Waals surface area contributed by atoms with Crippen molar-refractivity contribution in [2.75, 3.05) is 17.9 Å². The summed E-state index contributed by atoms with van der Waals surface area (Å²) < 4.78 is 42.2. The Morgan fingerprint density at radius 3 is 1.98 bits per heavy atom. The fourth-order valence-electron chi connectivity index (χ4n) is 4.43. The van der Waals surface area contributed by atoms with Crippen LogP contribution in [0.5, 0.6) is 0 Å². The van der Waals surface area contributed by atoms with E-state index in [0.717, 1.165) is 34.1 Å². The van der Waals surface area contributed by atoms with Gasteiger partial charge < -0.3 is 10.2 Å². The molecule has 0 saturated carbocycles. The first-order chi connectivity index (χ1) is 20.1. The Labute approximate surface area is 254 Å². The maximum atomic E-state index is 14.2. The lowest BCUT2D eigenvalue weighted by molar-refractivity contribution is -0.139. The molecule has 0 aliphatic heterocycles. The summed E-state index contributed by atoms with van der Waals surface area (Å²) in [6.45, 7) is -0.824. The van der Waals surface area contributed by atoms with Crippen molar-refractivity contribution >= 4 is 50.7 Å². The van der Waals surface area contributed by atoms with Gasteiger partial charge in [-0.3, -0.25) is 13.9 Å². The van der Waals surface area contributed by atoms with Gasteiger partial charge in [0.15, 0.2) is 0 Å². The van der Waals surface area contributed by atoms with Crippen LogP contribution in [0, 0.1) is 5.82 Å². The van der Waals surface area contributed by atoms with Crippen LogP contribution in [0.1, 0.15) is 11.1 Å². The molecule has 0 bridgehead atoms. The molecule has 11 heteroatoms. The summed E-state index contributed by atoms with van der Waals surface area (Å²) in [5.41, 5.74) is 1.40. The van der Waals surface area contributed by atoms with E-state index in [4.69, 9.17) is 23.2 Å². The fourth-order valence-corrected chi connectivity index (χ4v) is 6.36. The number of amides is 2. The Balaban J connectivity index is 1.80. The minimum atomic E-state index is -4.33. The average molecular weight is 629 g/mol. The number of benzene rings is 4. The number of nitrogens with one attached hydrogen (secondary N) is 1. The zero-order valence-electron chi connectivity index (χ0n) is 22.6. The Morgan fingerprint density at radius 1 is 0.833 bits per heavy atom. The fraction of sp³-hybridized carbons (Fsp3) is 0.161. The van der Waals surface area contributed by atoms with Gasteiger partial charge in [-0.05, 0) is 54.1 Å². The monoisotopic (exact) mass is 627 g/mol. The van der Waals surface area contributed by atoms with Crippen molar-refractivity contribution in [3.8, 4) is 0 Å². The molecule has 218 valence electrons. The number of sulfonamides is 1. The van der Waals surface area contributed by atoms with Crippen molar-refractivity contribution in [1.82, 2.24) is 10.2 Å². The van der Waals surface area contributed by atoms with E-state index in [9.17, 15) is 22.4 Å². The lowest BCUT2D eigenvalue weighted by Gasteiger charge is -2.34. The predicted octanol–water partition coefficient (Wildman–Crippen LogP) is 5.71. The van der Waals surface area contributed by atoms with Crippen LogP contribution in [0.3, 0.4) is 0 Å². The first-order valence-electron chi connectivity index (χ1n) is 12.9. The number of halogens is 3. The van der Waals surface area contributed by atoms with Crippen molar-refractivity contribution in [1.29, 1.82) is 0 Å². The molecule has 1 atom stereocenters. The smallest absolute Gasteiger partial charge is 0.264 e. The molecule has 0 saturated heterocycles. The molecule has 0 unspecified atom stereocenters. The molecule has 0 aliphatic rings. The van der Waals surface area contributed by atoms with E-state index in [1.54, 1.807) is 48.5 Å². The zero-order chi connectivity index (χ0) is 30.3. The molecule has 0 aromatic heterocycles. The Bertz CT molecular complexity index is 1620. The molecule has 0 aliphatic carbocycles. The molecule has 0 spiro atoms. The number of hydrogen-bond donors (Lipinski definition) is 1. The lowest BCUT2D eigenvalue weighted by Crippen LogP contribution is -2.53. The van der Waals surface area contributed by atoms with Gasteiger partial charge in [0.25, 0.3) is 10.0 Å². The summed E-state index contributed by atoms with van der Waals surface area (Å²) in [5.74, 6) is -1.73. The largest absolute Gasteiger partial charge is 0.357 e. The van der Waals surface area contributed by atoms with Gasteiger partial charge in [-0.15, -0.1) is 0 Å². The third kappa shape index (κ3) is 7.28. The van der Waals surface area contributed by atoms with Crippen LogP contribution in [0.2, 0.25) is 10.0 Å². The van der Waals surface area contributed by atoms with E-state index in [-0.39, 0.29) is 33.6 Å². The molecule has 7 nitrogen and oxygen atoms in total. The van der Waals surface area contributed by atoms with E-state index in [1.165, 1.54) is 11.9 Å². The maximum absolute atomic E-state index is 14.2. The van der Waals surface area contributed by atoms with Gasteiger partial charge in [-0.2, -0.15) is 0 Å². The van der Waals surface area contributed by atoms with Crippen LogP contribution in [0.15, 0.2) is 108 Å². The topological polar surface area (TPSA) is 86.8 Å². The Kier molecular flexibility index (Phi) is 10.2. The molecule has 1 N–H and O–H groups in total. The number of carbonyl (C=O) groups excluding carboxylic acids is 2. The standard InChI is InChI=1S/C31H28Cl2FN3O4S/c1-35-31(39)29(19-22-9-4-2-5-10-22)36(20-26-27(32)13-8-14-28(26)33)30(38)21-37(24-11-6-3-7-12-24)42(40,41)25-17-15-23(34)16-18-25/h2-18,29H,19-21H2,1H3,(H,35,39)/t29-/m0/s1. The molecule has 4 aromatic rings. The summed E-state index contributed by atoms with van der Waals surface area (Å²) in [6.07, 6.45) is 0.143. The van der Waals surface area contributed by atoms with E-state index >= 15 is 0 Å². The molecule has 0 fully saturated rings. The SMILES string of the molecule is CNC(=O)[C@H](Cc1ccccc1)N(Cc1c(Cl)cccc1Cl)C(=O)CN(c1ccccc1)S(=O)(=O)c1ccc(F)cc1. The van der Waals surface area contributed by atoms with E-state index in [0.29, 0.717) is 5.56 Å². The summed E-state index contributed by atoms with van der Waals surface area (Å²) in [5, 5.41) is 3.19. The number of nitrogens with zero attached hydrogens (tertiary/aromatic N) is 2. The van der Waals surface area contributed by atoms with Gasteiger partial charge in [0.2, 0.25) is 11.8 Å². The number of para-hydroxylation sites is 1. The van der Waals surface area contributed by atoms with E-state index in [1.807, 2.05) is 30.3 Å². The predicted molar refractivity (Wildman–Crippen MR) is 162 cm³/mol. The van der Waals surface area contributed by atoms with Crippen molar-refractivity contribution in [3.05, 3.63) is 130 Å². The molecule has 0 radical (unpaired) electrons. The number of carbonyl (C=O) groups is 2. The first-order valence-corrected chi connectivity index (χ1v) is 15.1. The van der Waals surface area contributed by atoms with Crippen LogP contribution < -0.4 is 9.62 Å². The van der Waals surface area contributed by atoms with Crippen LogP contribution >= 0.6 is 23.2 Å². The van der Waals surface area contributed by atoms with Gasteiger partial charge in [-0.1, -0.05) is 77.8 Å². The molecule has 2 amide bonds. The number of likely N-dealkylation sites (N-methyl/N-ethyl adjacent to an activating group) is 1. The van der Waals surface area contributed by atoms with Gasteiger partial charge in [0.05, 0.1) is 10.6 Å². The second-order valence-electron chi connectivity index (χ2n) is 9.34. The van der Waals surface area contributed by atoms with Gasteiger partial charge in [0, 0.05) is 35.6 Å². The summed E-state index contributed by atoms with van der Waals surface area (Å²) in [6, 6.07) is 25.4. The van der Waals surface area contributed by atoms with Crippen molar-refractivity contribution in [2.45, 2.75) is 23.9 Å². The maximum Gasteiger partial charge on any atom is 0.264 e. The minimum Gasteiger partial charge on any atom is -0.357 e. The molecule has 42 heavy (non-hydrogen) atoms. The molecular formula is C31H28Cl2FN3O4S. The second-order valence-corrected chi connectivity index (χ2v) is 12.0. The number of hydrogen-bond acceptors (Lipinski definition) is 4. The Hall–Kier alpha value is -3.92. The lowest BCUT2D eigenvalue weighted by atomic mass is 10.0. The Morgan fingerprint density at radius 2 is 1.40 bits per heavy atom. The third-order valence-electron chi connectivity index (χ3n) is 6.63. The van der Waals surface area contributed by atoms with E-state index in [2.05, 4.69) is 5.32 Å². The first kappa shape index (κ1) is 31.0. The van der Waals surface area contributed by atoms with Crippen molar-refractivity contribution in [2.24, 2.45) is 0 Å². The molecular weight excluding hydrogens is 600 g/mol. The average Bonchev–Trinajstić information content (AvgIpc) is 2.99. The quantitative estimate of drug-likeness (QED) is 0.231. The molecule has 4 rings (SSSR count). The normalized spacial score (nSPS) is 11.9. The highest BCUT2D eigenvalue weighted by atomic mass is 35.5. The summed E-state index contributed by atoms with van der Waals surface area (Å²) in [7, 11) is -2.87. The van der Waals surface area contributed by atoms with Crippen LogP contribution in [0.25, 0.3) is 0 Å². The van der Waals surface area contributed by atoms with Gasteiger partial charge in [-0.25, -0.2) is 12.8 Å². The highest BCUT2D eigenvalue weighted by molar-refractivity contribution is 7.92. The highest BCUT2D eigenvalue weighted by Gasteiger charge is 2.35. The van der Waals surface area contributed by atoms with E-state index < -0.39 is 40.2 Å². The molecule has 0 heterocycles. The van der Waals surface area contributed by atoms with Gasteiger partial charge >= 0.3 is 0 Å². The third-order valence-corrected chi connectivity index (χ3v) is 9.13. The number of anilines is 1. The van der Waals surface area contributed by atoms with Gasteiger partial charge in [0.1, 0.15) is 18.4 Å². The van der Waals surface area contributed by atoms with Crippen molar-refractivity contribution in [3.63, 3.8) is 0 Å². The zero-order valence-corrected chi connectivity index (χ0v) is 24.9. The van der Waals surface area contributed by atoms with Crippen LogP contribution in [0.4, 0.5) is 10.1 Å². The second kappa shape index (κ2) is 13.8. The summed E-state index contributed by atoms with van der Waals surface area (Å²) in [4.78, 5) is 28.6. The highest BCUT2D eigenvalue weighted by Crippen LogP contribution is 2.29. The summed E-state index contributed by atoms with van der Waals surface area (Å²) >= 11 is 12.9.